The van der Waals surface area contributed by atoms with Gasteiger partial charge in [0.1, 0.15) is 0 Å². The van der Waals surface area contributed by atoms with Gasteiger partial charge in [-0.1, -0.05) is 36.4 Å². The monoisotopic (exact) mass is 460 g/mol. The van der Waals surface area contributed by atoms with Gasteiger partial charge in [-0.15, -0.1) is 0 Å². The molecule has 34 heavy (non-hydrogen) atoms. The number of hydrogen-bond donors (Lipinski definition) is 3. The molecule has 2 heterocycles. The van der Waals surface area contributed by atoms with Crippen molar-refractivity contribution >= 4 is 11.5 Å². The van der Waals surface area contributed by atoms with Crippen molar-refractivity contribution in [3.8, 4) is 11.3 Å². The number of anilines is 1. The molecule has 1 aromatic heterocycles. The number of hydrogen-bond acceptors (Lipinski definition) is 8. The molecule has 4 rings (SSSR count). The number of aliphatic imine (C=N–C) groups is 1. The highest BCUT2D eigenvalue weighted by atomic mass is 16.7. The maximum absolute atomic E-state index is 12.5. The highest BCUT2D eigenvalue weighted by molar-refractivity contribution is 5.99. The van der Waals surface area contributed by atoms with E-state index in [1.54, 1.807) is 6.07 Å². The van der Waals surface area contributed by atoms with Crippen molar-refractivity contribution in [2.75, 3.05) is 25.5 Å². The van der Waals surface area contributed by atoms with E-state index in [9.17, 15) is 4.79 Å². The fourth-order valence-corrected chi connectivity index (χ4v) is 3.52. The summed E-state index contributed by atoms with van der Waals surface area (Å²) in [6, 6.07) is 18.8. The smallest absolute Gasteiger partial charge is 0.267 e. The maximum Gasteiger partial charge on any atom is 0.267 e. The molecule has 0 fully saturated rings. The molecule has 0 bridgehead atoms. The molecule has 1 unspecified atom stereocenters. The van der Waals surface area contributed by atoms with Crippen LogP contribution in [-0.4, -0.2) is 42.0 Å². The van der Waals surface area contributed by atoms with E-state index in [-0.39, 0.29) is 11.8 Å². The number of aromatic nitrogens is 2. The van der Waals surface area contributed by atoms with E-state index in [0.29, 0.717) is 37.1 Å². The van der Waals surface area contributed by atoms with Crippen molar-refractivity contribution in [3.63, 3.8) is 0 Å². The minimum absolute atomic E-state index is 0.172. The number of rotatable bonds is 10. The van der Waals surface area contributed by atoms with Crippen LogP contribution in [0, 0.1) is 0 Å². The number of nitrogens with one attached hydrogen (secondary N) is 3. The average molecular weight is 461 g/mol. The topological polar surface area (TPSA) is 102 Å². The van der Waals surface area contributed by atoms with Crippen LogP contribution in [0.25, 0.3) is 11.3 Å². The lowest BCUT2D eigenvalue weighted by Gasteiger charge is -2.12. The largest absolute Gasteiger partial charge is 0.480 e. The molecule has 2 aromatic carbocycles. The van der Waals surface area contributed by atoms with Crippen LogP contribution in [0.4, 0.5) is 5.69 Å². The fourth-order valence-electron chi connectivity index (χ4n) is 3.52. The second-order valence-corrected chi connectivity index (χ2v) is 7.68. The minimum Gasteiger partial charge on any atom is -0.480 e. The van der Waals surface area contributed by atoms with Crippen molar-refractivity contribution in [1.29, 1.82) is 0 Å². The number of amidine groups is 1. The lowest BCUT2D eigenvalue weighted by atomic mass is 10.1. The van der Waals surface area contributed by atoms with Crippen molar-refractivity contribution in [2.45, 2.75) is 19.7 Å². The molecule has 1 atom stereocenters. The summed E-state index contributed by atoms with van der Waals surface area (Å²) in [5.74, 6) is 1.16. The highest BCUT2D eigenvalue weighted by Crippen LogP contribution is 2.18. The summed E-state index contributed by atoms with van der Waals surface area (Å²) in [4.78, 5) is 22.4. The molecule has 176 valence electrons. The molecule has 3 N–H and O–H groups in total. The van der Waals surface area contributed by atoms with E-state index in [1.807, 2.05) is 62.5 Å². The fraction of sp³-hybridized carbons (Fsp3) is 0.240. The van der Waals surface area contributed by atoms with Gasteiger partial charge in [-0.25, -0.2) is 20.0 Å². The molecule has 9 nitrogen and oxygen atoms in total. The number of hydroxylamine groups is 1. The Kier molecular flexibility index (Phi) is 7.36. The molecule has 0 aliphatic carbocycles. The minimum atomic E-state index is -0.254. The zero-order valence-corrected chi connectivity index (χ0v) is 19.2. The third-order valence-electron chi connectivity index (χ3n) is 5.13. The number of benzene rings is 2. The van der Waals surface area contributed by atoms with Gasteiger partial charge >= 0.3 is 0 Å². The van der Waals surface area contributed by atoms with E-state index < -0.39 is 0 Å². The Labute approximate surface area is 198 Å². The van der Waals surface area contributed by atoms with Gasteiger partial charge in [-0.05, 0) is 44.3 Å². The van der Waals surface area contributed by atoms with Crippen molar-refractivity contribution < 1.29 is 9.57 Å². The molecule has 9 heteroatoms. The first kappa shape index (κ1) is 23.2. The lowest BCUT2D eigenvalue weighted by molar-refractivity contribution is 0.0400. The van der Waals surface area contributed by atoms with E-state index in [0.717, 1.165) is 22.4 Å². The van der Waals surface area contributed by atoms with Crippen molar-refractivity contribution in [1.82, 2.24) is 20.6 Å². The van der Waals surface area contributed by atoms with E-state index in [2.05, 4.69) is 32.8 Å². The van der Waals surface area contributed by atoms with E-state index in [4.69, 9.17) is 9.57 Å². The Morgan fingerprint density at radius 1 is 1.18 bits per heavy atom. The Hall–Kier alpha value is -3.95. The lowest BCUT2D eigenvalue weighted by Crippen LogP contribution is -2.25. The van der Waals surface area contributed by atoms with Gasteiger partial charge < -0.3 is 15.4 Å². The molecule has 0 radical (unpaired) electrons. The third-order valence-corrected chi connectivity index (χ3v) is 5.13. The van der Waals surface area contributed by atoms with Crippen LogP contribution in [0.5, 0.6) is 0 Å². The van der Waals surface area contributed by atoms with Gasteiger partial charge in [-0.3, -0.25) is 4.79 Å². The Bertz CT molecular complexity index is 1240. The zero-order valence-electron chi connectivity index (χ0n) is 19.2. The summed E-state index contributed by atoms with van der Waals surface area (Å²) >= 11 is 0. The second kappa shape index (κ2) is 10.8. The van der Waals surface area contributed by atoms with Gasteiger partial charge in [0.2, 0.25) is 0 Å². The van der Waals surface area contributed by atoms with Crippen LogP contribution in [0.15, 0.2) is 82.9 Å². The number of nitrogens with zero attached hydrogens (tertiary/aromatic N) is 3. The van der Waals surface area contributed by atoms with Gasteiger partial charge in [0.05, 0.1) is 18.8 Å². The SMILES string of the molecule is C=C(Nc1cccc(Cn2nc(-c3ccc(C4=NC(CNC)ON4)cc3)ccc2=O)c1)OCC. The number of ether oxygens (including phenoxy) is 1. The van der Waals surface area contributed by atoms with E-state index in [1.165, 1.54) is 10.7 Å². The van der Waals surface area contributed by atoms with E-state index >= 15 is 0 Å². The molecule has 0 spiro atoms. The Morgan fingerprint density at radius 3 is 2.74 bits per heavy atom. The normalized spacial score (nSPS) is 14.9. The van der Waals surface area contributed by atoms with Crippen LogP contribution in [-0.2, 0) is 16.1 Å². The molecule has 0 amide bonds. The summed E-state index contributed by atoms with van der Waals surface area (Å²) in [5.41, 5.74) is 6.97. The average Bonchev–Trinajstić information content (AvgIpc) is 3.30. The quantitative estimate of drug-likeness (QED) is 0.400. The third kappa shape index (κ3) is 5.69. The van der Waals surface area contributed by atoms with Gasteiger partial charge in [0, 0.05) is 29.4 Å². The zero-order chi connectivity index (χ0) is 23.9. The first-order valence-electron chi connectivity index (χ1n) is 11.1. The highest BCUT2D eigenvalue weighted by Gasteiger charge is 2.18. The standard InChI is InChI=1S/C25H28N6O3/c1-4-33-17(2)27-21-7-5-6-18(14-21)16-31-24(32)13-12-22(29-31)19-8-10-20(11-9-19)25-28-23(15-26-3)34-30-25/h5-14,23,26-27H,2,4,15-16H2,1,3H3,(H,28,30). The van der Waals surface area contributed by atoms with Crippen molar-refractivity contribution in [3.05, 3.63) is 94.6 Å². The molecular formula is C25H28N6O3. The van der Waals surface area contributed by atoms with Gasteiger partial charge in [-0.2, -0.15) is 5.10 Å². The molecule has 1 aliphatic heterocycles. The van der Waals surface area contributed by atoms with Crippen molar-refractivity contribution in [2.24, 2.45) is 4.99 Å². The summed E-state index contributed by atoms with van der Waals surface area (Å²) < 4.78 is 6.81. The molecule has 1 aliphatic rings. The first-order chi connectivity index (χ1) is 16.6. The van der Waals surface area contributed by atoms with Crippen LogP contribution in [0.3, 0.4) is 0 Å². The van der Waals surface area contributed by atoms with Gasteiger partial charge in [0.15, 0.2) is 17.9 Å². The molecular weight excluding hydrogens is 432 g/mol. The van der Waals surface area contributed by atoms with Crippen LogP contribution in [0.2, 0.25) is 0 Å². The Morgan fingerprint density at radius 2 is 1.97 bits per heavy atom. The molecule has 0 saturated heterocycles. The first-order valence-corrected chi connectivity index (χ1v) is 11.1. The van der Waals surface area contributed by atoms with Crippen LogP contribution in [0.1, 0.15) is 18.1 Å². The predicted octanol–water partition coefficient (Wildman–Crippen LogP) is 2.71. The Balaban J connectivity index is 1.50. The summed E-state index contributed by atoms with van der Waals surface area (Å²) in [6.45, 7) is 7.23. The van der Waals surface area contributed by atoms with Crippen LogP contribution < -0.4 is 21.7 Å². The second-order valence-electron chi connectivity index (χ2n) is 7.68. The predicted molar refractivity (Wildman–Crippen MR) is 132 cm³/mol. The summed E-state index contributed by atoms with van der Waals surface area (Å²) in [7, 11) is 1.85. The number of likely N-dealkylation sites (N-methyl/N-ethyl adjacent to an activating group) is 1. The summed E-state index contributed by atoms with van der Waals surface area (Å²) in [5, 5.41) is 10.7. The molecule has 0 saturated carbocycles. The summed E-state index contributed by atoms with van der Waals surface area (Å²) in [6.07, 6.45) is -0.254. The maximum atomic E-state index is 12.5. The van der Waals surface area contributed by atoms with Gasteiger partial charge in [0.25, 0.3) is 5.56 Å². The van der Waals surface area contributed by atoms with Crippen LogP contribution >= 0.6 is 0 Å². The molecule has 3 aromatic rings.